The van der Waals surface area contributed by atoms with Crippen molar-refractivity contribution in [2.45, 2.75) is 39.8 Å². The van der Waals surface area contributed by atoms with Gasteiger partial charge in [-0.3, -0.25) is 9.78 Å². The molecule has 2 N–H and O–H groups in total. The number of anilines is 2. The fourth-order valence-electron chi connectivity index (χ4n) is 4.84. The molecule has 188 valence electrons. The lowest BCUT2D eigenvalue weighted by molar-refractivity contribution is -0.118. The van der Waals surface area contributed by atoms with Gasteiger partial charge in [0.25, 0.3) is 0 Å². The highest BCUT2D eigenvalue weighted by Gasteiger charge is 2.42. The summed E-state index contributed by atoms with van der Waals surface area (Å²) in [6.45, 7) is 7.91. The molecule has 3 heterocycles. The van der Waals surface area contributed by atoms with Gasteiger partial charge in [0.05, 0.1) is 11.7 Å². The average molecular weight is 510 g/mol. The summed E-state index contributed by atoms with van der Waals surface area (Å²) in [5.74, 6) is -0.0921. The summed E-state index contributed by atoms with van der Waals surface area (Å²) >= 11 is 5.92. The van der Waals surface area contributed by atoms with Crippen molar-refractivity contribution in [1.29, 1.82) is 0 Å². The Morgan fingerprint density at radius 2 is 1.78 bits per heavy atom. The lowest BCUT2D eigenvalue weighted by atomic mass is 10.00. The summed E-state index contributed by atoms with van der Waals surface area (Å²) in [5, 5.41) is 7.21. The molecule has 2 atom stereocenters. The fourth-order valence-corrected chi connectivity index (χ4v) is 5.18. The molecule has 4 aromatic rings. The van der Waals surface area contributed by atoms with E-state index in [4.69, 9.17) is 12.2 Å². The maximum absolute atomic E-state index is 12.3. The number of rotatable bonds is 6. The third kappa shape index (κ3) is 4.74. The molecular formula is C30H31N5OS. The van der Waals surface area contributed by atoms with Crippen molar-refractivity contribution in [1.82, 2.24) is 14.9 Å². The molecule has 2 aromatic heterocycles. The number of nitrogens with one attached hydrogen (secondary N) is 2. The first-order valence-corrected chi connectivity index (χ1v) is 12.9. The van der Waals surface area contributed by atoms with E-state index in [-0.39, 0.29) is 23.9 Å². The van der Waals surface area contributed by atoms with E-state index in [1.807, 2.05) is 57.3 Å². The maximum Gasteiger partial charge on any atom is 0.226 e. The minimum atomic E-state index is -0.146. The van der Waals surface area contributed by atoms with E-state index in [9.17, 15) is 4.79 Å². The molecule has 1 amide bonds. The highest BCUT2D eigenvalue weighted by molar-refractivity contribution is 7.80. The second-order valence-electron chi connectivity index (χ2n) is 9.73. The van der Waals surface area contributed by atoms with E-state index >= 15 is 0 Å². The Hall–Kier alpha value is -3.97. The van der Waals surface area contributed by atoms with Gasteiger partial charge in [-0.15, -0.1) is 0 Å². The lowest BCUT2D eigenvalue weighted by Crippen LogP contribution is -2.30. The molecule has 5 rings (SSSR count). The topological polar surface area (TPSA) is 62.2 Å². The molecule has 1 aliphatic heterocycles. The largest absolute Gasteiger partial charge is 0.351 e. The number of para-hydroxylation sites is 1. The first kappa shape index (κ1) is 24.7. The van der Waals surface area contributed by atoms with E-state index in [1.54, 1.807) is 0 Å². The molecule has 1 fully saturated rings. The molecule has 1 aliphatic rings. The van der Waals surface area contributed by atoms with Crippen LogP contribution in [0.5, 0.6) is 0 Å². The summed E-state index contributed by atoms with van der Waals surface area (Å²) in [5.41, 5.74) is 7.09. The number of thiocarbonyl (C=S) groups is 1. The molecule has 1 saturated heterocycles. The number of carbonyl (C=O) groups excluding carboxylic acids is 1. The number of benzene rings is 2. The highest BCUT2D eigenvalue weighted by atomic mass is 32.1. The van der Waals surface area contributed by atoms with E-state index in [0.717, 1.165) is 34.0 Å². The zero-order valence-corrected chi connectivity index (χ0v) is 22.3. The van der Waals surface area contributed by atoms with Crippen molar-refractivity contribution in [3.8, 4) is 5.69 Å². The summed E-state index contributed by atoms with van der Waals surface area (Å²) in [6.07, 6.45) is 3.92. The van der Waals surface area contributed by atoms with Crippen LogP contribution >= 0.6 is 12.2 Å². The van der Waals surface area contributed by atoms with Gasteiger partial charge in [0, 0.05) is 41.1 Å². The minimum Gasteiger partial charge on any atom is -0.351 e. The van der Waals surface area contributed by atoms with Gasteiger partial charge in [0.15, 0.2) is 5.11 Å². The highest BCUT2D eigenvalue weighted by Crippen LogP contribution is 2.43. The first-order chi connectivity index (χ1) is 17.8. The summed E-state index contributed by atoms with van der Waals surface area (Å²) in [4.78, 5) is 19.1. The van der Waals surface area contributed by atoms with Gasteiger partial charge in [-0.25, -0.2) is 0 Å². The fraction of sp³-hybridized carbons (Fsp3) is 0.233. The van der Waals surface area contributed by atoms with Gasteiger partial charge in [-0.1, -0.05) is 38.1 Å². The number of amides is 1. The zero-order chi connectivity index (χ0) is 26.1. The predicted molar refractivity (Wildman–Crippen MR) is 153 cm³/mol. The zero-order valence-electron chi connectivity index (χ0n) is 21.5. The third-order valence-corrected chi connectivity index (χ3v) is 7.14. The van der Waals surface area contributed by atoms with Crippen LogP contribution in [0.3, 0.4) is 0 Å². The van der Waals surface area contributed by atoms with Crippen molar-refractivity contribution in [3.05, 3.63) is 108 Å². The monoisotopic (exact) mass is 509 g/mol. The van der Waals surface area contributed by atoms with E-state index in [0.29, 0.717) is 5.11 Å². The van der Waals surface area contributed by atoms with Crippen molar-refractivity contribution >= 4 is 34.6 Å². The van der Waals surface area contributed by atoms with Crippen LogP contribution in [-0.2, 0) is 4.79 Å². The van der Waals surface area contributed by atoms with Gasteiger partial charge in [-0.2, -0.15) is 0 Å². The Kier molecular flexibility index (Phi) is 6.80. The first-order valence-electron chi connectivity index (χ1n) is 12.5. The Bertz CT molecular complexity index is 1450. The average Bonchev–Trinajstić information content (AvgIpc) is 3.50. The Morgan fingerprint density at radius 1 is 1.00 bits per heavy atom. The normalized spacial score (nSPS) is 17.2. The molecule has 7 heteroatoms. The van der Waals surface area contributed by atoms with Crippen LogP contribution in [0.1, 0.15) is 48.4 Å². The Balaban J connectivity index is 1.61. The number of aryl methyl sites for hydroxylation is 2. The number of hydrogen-bond donors (Lipinski definition) is 2. The van der Waals surface area contributed by atoms with E-state index in [2.05, 4.69) is 80.7 Å². The van der Waals surface area contributed by atoms with Crippen molar-refractivity contribution in [2.75, 3.05) is 10.2 Å². The standard InChI is InChI=1S/C30H31N5OS/c1-19(2)29(36)32-23-15-14-22(18-21(23)4)35-28(27(33-30(35)37)24-11-7-8-16-31-24)26-13-9-17-34(26)25-12-6-5-10-20(25)3/h5-19,27-28H,1-4H3,(H,32,36)(H,33,37)/t27-,28+/m1/s1. The number of pyridine rings is 1. The maximum atomic E-state index is 12.3. The number of hydrogen-bond acceptors (Lipinski definition) is 3. The van der Waals surface area contributed by atoms with Crippen LogP contribution in [0.2, 0.25) is 0 Å². The van der Waals surface area contributed by atoms with Crippen LogP contribution < -0.4 is 15.5 Å². The molecule has 0 unspecified atom stereocenters. The summed E-state index contributed by atoms with van der Waals surface area (Å²) in [7, 11) is 0. The van der Waals surface area contributed by atoms with Crippen molar-refractivity contribution in [3.63, 3.8) is 0 Å². The van der Waals surface area contributed by atoms with Gasteiger partial charge in [0.2, 0.25) is 5.91 Å². The van der Waals surface area contributed by atoms with E-state index in [1.165, 1.54) is 5.56 Å². The van der Waals surface area contributed by atoms with Crippen LogP contribution in [0.4, 0.5) is 11.4 Å². The molecule has 6 nitrogen and oxygen atoms in total. The SMILES string of the molecule is Cc1cc(N2C(=S)N[C@H](c3ccccn3)[C@@H]2c2cccn2-c2ccccc2C)ccc1NC(=O)C(C)C. The minimum absolute atomic E-state index is 0.00152. The Morgan fingerprint density at radius 3 is 2.49 bits per heavy atom. The van der Waals surface area contributed by atoms with Gasteiger partial charge in [-0.05, 0) is 85.7 Å². The second kappa shape index (κ2) is 10.2. The van der Waals surface area contributed by atoms with Crippen LogP contribution in [0, 0.1) is 19.8 Å². The Labute approximate surface area is 223 Å². The molecule has 0 aliphatic carbocycles. The van der Waals surface area contributed by atoms with Gasteiger partial charge < -0.3 is 20.1 Å². The molecule has 2 aromatic carbocycles. The van der Waals surface area contributed by atoms with Gasteiger partial charge in [0.1, 0.15) is 6.04 Å². The molecule has 0 bridgehead atoms. The molecule has 0 saturated carbocycles. The van der Waals surface area contributed by atoms with Crippen LogP contribution in [-0.4, -0.2) is 20.6 Å². The third-order valence-electron chi connectivity index (χ3n) is 6.83. The predicted octanol–water partition coefficient (Wildman–Crippen LogP) is 6.26. The van der Waals surface area contributed by atoms with Crippen LogP contribution in [0.25, 0.3) is 5.69 Å². The van der Waals surface area contributed by atoms with Crippen molar-refractivity contribution in [2.24, 2.45) is 5.92 Å². The lowest BCUT2D eigenvalue weighted by Gasteiger charge is -2.29. The summed E-state index contributed by atoms with van der Waals surface area (Å²) < 4.78 is 2.24. The van der Waals surface area contributed by atoms with Gasteiger partial charge >= 0.3 is 0 Å². The second-order valence-corrected chi connectivity index (χ2v) is 10.1. The number of nitrogens with zero attached hydrogens (tertiary/aromatic N) is 3. The molecular weight excluding hydrogens is 478 g/mol. The quantitative estimate of drug-likeness (QED) is 0.300. The van der Waals surface area contributed by atoms with Crippen molar-refractivity contribution < 1.29 is 4.79 Å². The smallest absolute Gasteiger partial charge is 0.226 e. The molecule has 37 heavy (non-hydrogen) atoms. The number of aromatic nitrogens is 2. The summed E-state index contributed by atoms with van der Waals surface area (Å²) in [6, 6.07) is 24.3. The number of carbonyl (C=O) groups is 1. The molecule has 0 radical (unpaired) electrons. The molecule has 0 spiro atoms. The van der Waals surface area contributed by atoms with E-state index < -0.39 is 0 Å². The van der Waals surface area contributed by atoms with Crippen LogP contribution in [0.15, 0.2) is 85.2 Å².